The van der Waals surface area contributed by atoms with Gasteiger partial charge in [0.2, 0.25) is 5.91 Å². The molecule has 0 unspecified atom stereocenters. The van der Waals surface area contributed by atoms with Crippen LogP contribution in [0, 0.1) is 6.92 Å². The van der Waals surface area contributed by atoms with Gasteiger partial charge in [-0.15, -0.1) is 0 Å². The fourth-order valence-corrected chi connectivity index (χ4v) is 3.28. The summed E-state index contributed by atoms with van der Waals surface area (Å²) in [6.45, 7) is 9.84. The van der Waals surface area contributed by atoms with Crippen molar-refractivity contribution in [1.82, 2.24) is 10.3 Å². The van der Waals surface area contributed by atoms with Crippen molar-refractivity contribution in [3.05, 3.63) is 42.0 Å². The third kappa shape index (κ3) is 3.82. The molecule has 0 radical (unpaired) electrons. The number of amides is 1. The highest BCUT2D eigenvalue weighted by molar-refractivity contribution is 5.93. The molecule has 1 aliphatic rings. The van der Waals surface area contributed by atoms with Gasteiger partial charge in [-0.3, -0.25) is 4.79 Å². The Morgan fingerprint density at radius 2 is 2.00 bits per heavy atom. The maximum atomic E-state index is 11.6. The first-order valence-electron chi connectivity index (χ1n) is 8.80. The summed E-state index contributed by atoms with van der Waals surface area (Å²) in [4.78, 5) is 18.9. The average molecular weight is 338 g/mol. The predicted octanol–water partition coefficient (Wildman–Crippen LogP) is 3.20. The van der Waals surface area contributed by atoms with E-state index in [1.807, 2.05) is 24.3 Å². The van der Waals surface area contributed by atoms with E-state index in [2.05, 4.69) is 48.4 Å². The second-order valence-corrected chi connectivity index (χ2v) is 6.87. The van der Waals surface area contributed by atoms with Gasteiger partial charge in [0.15, 0.2) is 0 Å². The maximum Gasteiger partial charge on any atom is 0.221 e. The third-order valence-corrected chi connectivity index (χ3v) is 4.65. The van der Waals surface area contributed by atoms with Crippen molar-refractivity contribution in [2.75, 3.05) is 23.3 Å². The molecule has 1 amide bonds. The molecule has 132 valence electrons. The van der Waals surface area contributed by atoms with Crippen molar-refractivity contribution in [1.29, 1.82) is 0 Å². The molecule has 2 N–H and O–H groups in total. The van der Waals surface area contributed by atoms with Crippen LogP contribution in [0.5, 0.6) is 0 Å². The number of carbonyl (C=O) groups is 1. The summed E-state index contributed by atoms with van der Waals surface area (Å²) in [5.41, 5.74) is 3.76. The molecule has 2 heterocycles. The number of piperazine rings is 1. The number of rotatable bonds is 3. The molecule has 3 rings (SSSR count). The van der Waals surface area contributed by atoms with Gasteiger partial charge >= 0.3 is 0 Å². The van der Waals surface area contributed by atoms with Gasteiger partial charge in [0, 0.05) is 37.7 Å². The van der Waals surface area contributed by atoms with Crippen molar-refractivity contribution in [2.45, 2.75) is 39.8 Å². The summed E-state index contributed by atoms with van der Waals surface area (Å²) in [5.74, 6) is 0.863. The first-order valence-corrected chi connectivity index (χ1v) is 8.80. The van der Waals surface area contributed by atoms with Crippen LogP contribution in [0.15, 0.2) is 36.4 Å². The van der Waals surface area contributed by atoms with Crippen molar-refractivity contribution in [3.63, 3.8) is 0 Å². The van der Waals surface area contributed by atoms with Crippen LogP contribution in [-0.2, 0) is 4.79 Å². The van der Waals surface area contributed by atoms with Crippen LogP contribution in [0.3, 0.4) is 0 Å². The molecular weight excluding hydrogens is 312 g/mol. The molecule has 0 bridgehead atoms. The Kier molecular flexibility index (Phi) is 5.04. The van der Waals surface area contributed by atoms with Crippen molar-refractivity contribution in [2.24, 2.45) is 0 Å². The van der Waals surface area contributed by atoms with Crippen LogP contribution in [0.2, 0.25) is 0 Å². The van der Waals surface area contributed by atoms with Gasteiger partial charge in [-0.1, -0.05) is 24.3 Å². The van der Waals surface area contributed by atoms with E-state index < -0.39 is 0 Å². The molecule has 1 saturated heterocycles. The molecule has 5 nitrogen and oxygen atoms in total. The van der Waals surface area contributed by atoms with Crippen LogP contribution in [0.4, 0.5) is 11.5 Å². The van der Waals surface area contributed by atoms with E-state index in [0.717, 1.165) is 41.4 Å². The highest BCUT2D eigenvalue weighted by atomic mass is 16.1. The molecular formula is C20H26N4O. The molecule has 0 aliphatic carbocycles. The number of hydrogen-bond donors (Lipinski definition) is 2. The molecule has 1 aromatic heterocycles. The molecule has 5 heteroatoms. The van der Waals surface area contributed by atoms with E-state index in [1.165, 1.54) is 6.92 Å². The highest BCUT2D eigenvalue weighted by Gasteiger charge is 2.24. The number of benzene rings is 1. The van der Waals surface area contributed by atoms with Gasteiger partial charge in [-0.05, 0) is 38.5 Å². The summed E-state index contributed by atoms with van der Waals surface area (Å²) in [7, 11) is 0. The summed E-state index contributed by atoms with van der Waals surface area (Å²) in [5, 5.41) is 6.41. The Labute approximate surface area is 149 Å². The minimum Gasteiger partial charge on any atom is -0.351 e. The zero-order valence-corrected chi connectivity index (χ0v) is 15.3. The van der Waals surface area contributed by atoms with E-state index in [1.54, 1.807) is 0 Å². The Morgan fingerprint density at radius 1 is 1.24 bits per heavy atom. The van der Waals surface area contributed by atoms with E-state index in [-0.39, 0.29) is 5.91 Å². The fraction of sp³-hybridized carbons (Fsp3) is 0.400. The van der Waals surface area contributed by atoms with Gasteiger partial charge in [0.05, 0.1) is 11.4 Å². The van der Waals surface area contributed by atoms with E-state index in [9.17, 15) is 4.79 Å². The van der Waals surface area contributed by atoms with Gasteiger partial charge < -0.3 is 15.5 Å². The predicted molar refractivity (Wildman–Crippen MR) is 103 cm³/mol. The molecule has 25 heavy (non-hydrogen) atoms. The largest absolute Gasteiger partial charge is 0.351 e. The minimum absolute atomic E-state index is 0.0893. The lowest BCUT2D eigenvalue weighted by molar-refractivity contribution is -0.114. The van der Waals surface area contributed by atoms with Crippen LogP contribution in [0.1, 0.15) is 26.3 Å². The molecule has 2 atom stereocenters. The molecule has 2 aromatic rings. The Bertz CT molecular complexity index is 774. The summed E-state index contributed by atoms with van der Waals surface area (Å²) < 4.78 is 0. The average Bonchev–Trinajstić information content (AvgIpc) is 2.58. The van der Waals surface area contributed by atoms with Crippen molar-refractivity contribution < 1.29 is 4.79 Å². The van der Waals surface area contributed by atoms with Crippen molar-refractivity contribution in [3.8, 4) is 11.3 Å². The van der Waals surface area contributed by atoms with Crippen molar-refractivity contribution >= 4 is 17.4 Å². The zero-order valence-electron chi connectivity index (χ0n) is 15.3. The highest BCUT2D eigenvalue weighted by Crippen LogP contribution is 2.32. The number of nitrogens with one attached hydrogen (secondary N) is 2. The topological polar surface area (TPSA) is 57.3 Å². The smallest absolute Gasteiger partial charge is 0.221 e. The van der Waals surface area contributed by atoms with Crippen LogP contribution < -0.4 is 15.5 Å². The lowest BCUT2D eigenvalue weighted by atomic mass is 10.0. The van der Waals surface area contributed by atoms with Crippen LogP contribution in [0.25, 0.3) is 11.3 Å². The summed E-state index contributed by atoms with van der Waals surface area (Å²) >= 11 is 0. The Morgan fingerprint density at radius 3 is 2.72 bits per heavy atom. The Hall–Kier alpha value is -2.40. The summed E-state index contributed by atoms with van der Waals surface area (Å²) in [6, 6.07) is 12.9. The van der Waals surface area contributed by atoms with Gasteiger partial charge in [-0.2, -0.15) is 0 Å². The monoisotopic (exact) mass is 338 g/mol. The van der Waals surface area contributed by atoms with Gasteiger partial charge in [0.25, 0.3) is 0 Å². The minimum atomic E-state index is -0.0893. The third-order valence-electron chi connectivity index (χ3n) is 4.65. The number of aromatic nitrogens is 1. The zero-order chi connectivity index (χ0) is 18.0. The number of carbonyl (C=O) groups excluding carboxylic acids is 1. The van der Waals surface area contributed by atoms with Gasteiger partial charge in [-0.25, -0.2) is 4.98 Å². The number of hydrogen-bond acceptors (Lipinski definition) is 4. The van der Waals surface area contributed by atoms with Crippen LogP contribution >= 0.6 is 0 Å². The molecule has 1 fully saturated rings. The second-order valence-electron chi connectivity index (χ2n) is 6.87. The first kappa shape index (κ1) is 17.4. The van der Waals surface area contributed by atoms with Crippen LogP contribution in [-0.4, -0.2) is 36.1 Å². The molecule has 1 aliphatic heterocycles. The van der Waals surface area contributed by atoms with E-state index >= 15 is 0 Å². The lowest BCUT2D eigenvalue weighted by Crippen LogP contribution is -2.54. The lowest BCUT2D eigenvalue weighted by Gasteiger charge is -2.38. The second kappa shape index (κ2) is 7.23. The van der Waals surface area contributed by atoms with E-state index in [0.29, 0.717) is 12.1 Å². The number of anilines is 2. The number of aryl methyl sites for hydroxylation is 1. The fourth-order valence-electron chi connectivity index (χ4n) is 3.28. The maximum absolute atomic E-state index is 11.6. The first-order chi connectivity index (χ1) is 12.0. The Balaban J connectivity index is 2.07. The number of nitrogens with zero attached hydrogens (tertiary/aromatic N) is 2. The summed E-state index contributed by atoms with van der Waals surface area (Å²) in [6.07, 6.45) is 0. The quantitative estimate of drug-likeness (QED) is 0.902. The standard InChI is InChI=1S/C20H26N4O/c1-13-7-5-6-8-17(13)20-18(22-16(4)25)9-10-19(23-20)24-12-14(2)21-11-15(24)3/h5-10,14-15,21H,11-12H2,1-4H3,(H,22,25)/t14-,15-/m0/s1. The molecule has 0 saturated carbocycles. The van der Waals surface area contributed by atoms with E-state index in [4.69, 9.17) is 4.98 Å². The molecule has 0 spiro atoms. The SMILES string of the molecule is CC(=O)Nc1ccc(N2C[C@H](C)NC[C@@H]2C)nc1-c1ccccc1C. The number of pyridine rings is 1. The normalized spacial score (nSPS) is 20.4. The van der Waals surface area contributed by atoms with Gasteiger partial charge in [0.1, 0.15) is 5.82 Å². The molecule has 1 aromatic carbocycles.